The molecular weight excluding hydrogens is 384 g/mol. The van der Waals surface area contributed by atoms with Crippen LogP contribution in [0, 0.1) is 5.92 Å². The van der Waals surface area contributed by atoms with Crippen LogP contribution in [0.2, 0.25) is 5.02 Å². The molecule has 2 rings (SSSR count). The molecule has 0 aliphatic heterocycles. The van der Waals surface area contributed by atoms with Crippen molar-refractivity contribution in [2.45, 2.75) is 33.4 Å². The molecule has 0 aliphatic carbocycles. The maximum absolute atomic E-state index is 12.3. The van der Waals surface area contributed by atoms with Gasteiger partial charge in [-0.05, 0) is 54.8 Å². The first-order chi connectivity index (χ1) is 12.6. The molecule has 0 aromatic heterocycles. The van der Waals surface area contributed by atoms with Gasteiger partial charge in [-0.25, -0.2) is 8.42 Å². The van der Waals surface area contributed by atoms with Crippen molar-refractivity contribution in [1.82, 2.24) is 5.32 Å². The molecule has 0 fully saturated rings. The van der Waals surface area contributed by atoms with Crippen molar-refractivity contribution in [3.63, 3.8) is 0 Å². The molecule has 0 saturated heterocycles. The fraction of sp³-hybridized carbons (Fsp3) is 0.350. The maximum Gasteiger partial charge on any atom is 0.251 e. The first-order valence-electron chi connectivity index (χ1n) is 8.71. The summed E-state index contributed by atoms with van der Waals surface area (Å²) in [5.41, 5.74) is 1.81. The van der Waals surface area contributed by atoms with Crippen LogP contribution in [0.15, 0.2) is 48.5 Å². The Morgan fingerprint density at radius 1 is 1.04 bits per heavy atom. The summed E-state index contributed by atoms with van der Waals surface area (Å²) in [6, 6.07) is 13.6. The van der Waals surface area contributed by atoms with Crippen molar-refractivity contribution in [3.05, 3.63) is 64.7 Å². The molecule has 0 unspecified atom stereocenters. The maximum atomic E-state index is 12.3. The molecule has 5 nitrogen and oxygen atoms in total. The number of nitrogens with one attached hydrogen (secondary N) is 1. The molecule has 0 heterocycles. The van der Waals surface area contributed by atoms with Crippen LogP contribution in [-0.4, -0.2) is 26.6 Å². The molecule has 0 spiro atoms. The summed E-state index contributed by atoms with van der Waals surface area (Å²) in [5.74, 6) is 0.152. The number of carbonyl (C=O) groups is 1. The Hall–Kier alpha value is -2.05. The van der Waals surface area contributed by atoms with Gasteiger partial charge in [-0.15, -0.1) is 0 Å². The number of carbonyl (C=O) groups excluding carboxylic acids is 1. The van der Waals surface area contributed by atoms with Crippen molar-refractivity contribution in [1.29, 1.82) is 0 Å². The third kappa shape index (κ3) is 5.97. The van der Waals surface area contributed by atoms with Crippen LogP contribution in [0.5, 0.6) is 0 Å². The molecule has 1 atom stereocenters. The largest absolute Gasteiger partial charge is 0.349 e. The third-order valence-electron chi connectivity index (χ3n) is 4.42. The number of hydrogen-bond acceptors (Lipinski definition) is 3. The molecule has 1 N–H and O–H groups in total. The minimum Gasteiger partial charge on any atom is -0.349 e. The van der Waals surface area contributed by atoms with Crippen LogP contribution < -0.4 is 9.62 Å². The van der Waals surface area contributed by atoms with Gasteiger partial charge in [-0.1, -0.05) is 37.6 Å². The van der Waals surface area contributed by atoms with E-state index < -0.39 is 10.0 Å². The molecule has 27 heavy (non-hydrogen) atoms. The normalized spacial score (nSPS) is 12.7. The van der Waals surface area contributed by atoms with E-state index in [2.05, 4.69) is 5.32 Å². The Kier molecular flexibility index (Phi) is 6.89. The molecule has 0 bridgehead atoms. The van der Waals surface area contributed by atoms with Gasteiger partial charge in [-0.3, -0.25) is 9.10 Å². The Labute approximate surface area is 166 Å². The van der Waals surface area contributed by atoms with Crippen LogP contribution >= 0.6 is 11.6 Å². The number of rotatable bonds is 7. The SMILES string of the molecule is CC(C)[C@@H](C)NC(=O)c1ccc(N(Cc2ccc(Cl)cc2)S(C)(=O)=O)cc1. The fourth-order valence-electron chi connectivity index (χ4n) is 2.39. The summed E-state index contributed by atoms with van der Waals surface area (Å²) in [7, 11) is -3.49. The fourth-order valence-corrected chi connectivity index (χ4v) is 3.41. The van der Waals surface area contributed by atoms with Gasteiger partial charge in [-0.2, -0.15) is 0 Å². The smallest absolute Gasteiger partial charge is 0.251 e. The zero-order chi connectivity index (χ0) is 20.2. The Morgan fingerprint density at radius 3 is 2.07 bits per heavy atom. The summed E-state index contributed by atoms with van der Waals surface area (Å²) in [4.78, 5) is 12.3. The third-order valence-corrected chi connectivity index (χ3v) is 5.81. The highest BCUT2D eigenvalue weighted by molar-refractivity contribution is 7.92. The lowest BCUT2D eigenvalue weighted by Gasteiger charge is -2.23. The summed E-state index contributed by atoms with van der Waals surface area (Å²) in [6.07, 6.45) is 1.16. The van der Waals surface area contributed by atoms with Crippen molar-refractivity contribution in [3.8, 4) is 0 Å². The van der Waals surface area contributed by atoms with Crippen molar-refractivity contribution < 1.29 is 13.2 Å². The van der Waals surface area contributed by atoms with Gasteiger partial charge < -0.3 is 5.32 Å². The number of nitrogens with zero attached hydrogens (tertiary/aromatic N) is 1. The minimum atomic E-state index is -3.49. The number of sulfonamides is 1. The van der Waals surface area contributed by atoms with E-state index in [9.17, 15) is 13.2 Å². The second-order valence-electron chi connectivity index (χ2n) is 6.95. The van der Waals surface area contributed by atoms with E-state index in [0.29, 0.717) is 22.2 Å². The van der Waals surface area contributed by atoms with E-state index in [1.165, 1.54) is 4.31 Å². The summed E-state index contributed by atoms with van der Waals surface area (Å²) >= 11 is 5.89. The molecule has 7 heteroatoms. The molecule has 0 radical (unpaired) electrons. The lowest BCUT2D eigenvalue weighted by molar-refractivity contribution is 0.0930. The quantitative estimate of drug-likeness (QED) is 0.750. The Morgan fingerprint density at radius 2 is 1.59 bits per heavy atom. The number of hydrogen-bond donors (Lipinski definition) is 1. The second-order valence-corrected chi connectivity index (χ2v) is 9.29. The monoisotopic (exact) mass is 408 g/mol. The van der Waals surface area contributed by atoms with Crippen molar-refractivity contribution >= 4 is 33.2 Å². The predicted octanol–water partition coefficient (Wildman–Crippen LogP) is 4.08. The number of halogens is 1. The molecule has 0 saturated carbocycles. The van der Waals surface area contributed by atoms with Crippen LogP contribution in [0.3, 0.4) is 0 Å². The van der Waals surface area contributed by atoms with Crippen LogP contribution in [0.25, 0.3) is 0 Å². The summed E-state index contributed by atoms with van der Waals surface area (Å²) < 4.78 is 25.8. The van der Waals surface area contributed by atoms with E-state index in [0.717, 1.165) is 11.8 Å². The average molecular weight is 409 g/mol. The highest BCUT2D eigenvalue weighted by Crippen LogP contribution is 2.22. The Balaban J connectivity index is 2.22. The molecule has 146 valence electrons. The van der Waals surface area contributed by atoms with Gasteiger partial charge in [0.25, 0.3) is 5.91 Å². The van der Waals surface area contributed by atoms with Gasteiger partial charge >= 0.3 is 0 Å². The molecule has 2 aromatic rings. The molecular formula is C20H25ClN2O3S. The van der Waals surface area contributed by atoms with Crippen LogP contribution in [0.1, 0.15) is 36.7 Å². The van der Waals surface area contributed by atoms with E-state index >= 15 is 0 Å². The average Bonchev–Trinajstić information content (AvgIpc) is 2.60. The van der Waals surface area contributed by atoms with E-state index in [-0.39, 0.29) is 18.5 Å². The van der Waals surface area contributed by atoms with Gasteiger partial charge in [0.05, 0.1) is 18.5 Å². The number of amides is 1. The van der Waals surface area contributed by atoms with Gasteiger partial charge in [0, 0.05) is 16.6 Å². The summed E-state index contributed by atoms with van der Waals surface area (Å²) in [6.45, 7) is 6.21. The Bertz CT molecular complexity index is 878. The zero-order valence-corrected chi connectivity index (χ0v) is 17.5. The highest BCUT2D eigenvalue weighted by Gasteiger charge is 2.19. The van der Waals surface area contributed by atoms with Gasteiger partial charge in [0.1, 0.15) is 0 Å². The van der Waals surface area contributed by atoms with Crippen LogP contribution in [0.4, 0.5) is 5.69 Å². The first kappa shape index (κ1) is 21.3. The van der Waals surface area contributed by atoms with Gasteiger partial charge in [0.15, 0.2) is 0 Å². The minimum absolute atomic E-state index is 0.0506. The number of anilines is 1. The number of benzene rings is 2. The summed E-state index contributed by atoms with van der Waals surface area (Å²) in [5, 5.41) is 3.53. The second kappa shape index (κ2) is 8.76. The first-order valence-corrected chi connectivity index (χ1v) is 10.9. The van der Waals surface area contributed by atoms with E-state index in [4.69, 9.17) is 11.6 Å². The van der Waals surface area contributed by atoms with Crippen molar-refractivity contribution in [2.24, 2.45) is 5.92 Å². The standard InChI is InChI=1S/C20H25ClN2O3S/c1-14(2)15(3)22-20(24)17-7-11-19(12-8-17)23(27(4,25)26)13-16-5-9-18(21)10-6-16/h5-12,14-15H,13H2,1-4H3,(H,22,24)/t15-/m1/s1. The van der Waals surface area contributed by atoms with Gasteiger partial charge in [0.2, 0.25) is 10.0 Å². The molecule has 2 aromatic carbocycles. The van der Waals surface area contributed by atoms with E-state index in [1.54, 1.807) is 48.5 Å². The highest BCUT2D eigenvalue weighted by atomic mass is 35.5. The molecule has 1 amide bonds. The van der Waals surface area contributed by atoms with E-state index in [1.807, 2.05) is 20.8 Å². The lowest BCUT2D eigenvalue weighted by Crippen LogP contribution is -2.36. The predicted molar refractivity (Wildman–Crippen MR) is 111 cm³/mol. The lowest BCUT2D eigenvalue weighted by atomic mass is 10.1. The zero-order valence-electron chi connectivity index (χ0n) is 15.9. The topological polar surface area (TPSA) is 66.5 Å². The van der Waals surface area contributed by atoms with Crippen molar-refractivity contribution in [2.75, 3.05) is 10.6 Å². The van der Waals surface area contributed by atoms with Crippen LogP contribution in [-0.2, 0) is 16.6 Å². The molecule has 0 aliphatic rings.